The molecule has 3 rings (SSSR count). The van der Waals surface area contributed by atoms with E-state index in [9.17, 15) is 4.79 Å². The summed E-state index contributed by atoms with van der Waals surface area (Å²) < 4.78 is 5.12. The molecule has 25 heavy (non-hydrogen) atoms. The number of likely N-dealkylation sites (tertiary alicyclic amines) is 1. The summed E-state index contributed by atoms with van der Waals surface area (Å²) in [5.41, 5.74) is 0.598. The number of hydrogen-bond acceptors (Lipinski definition) is 5. The third-order valence-electron chi connectivity index (χ3n) is 5.36. The Morgan fingerprint density at radius 2 is 2.24 bits per heavy atom. The molecule has 1 aromatic heterocycles. The molecule has 0 aliphatic carbocycles. The van der Waals surface area contributed by atoms with Gasteiger partial charge in [-0.2, -0.15) is 5.26 Å². The zero-order valence-electron chi connectivity index (χ0n) is 14.9. The lowest BCUT2D eigenvalue weighted by Gasteiger charge is -2.48. The van der Waals surface area contributed by atoms with Gasteiger partial charge in [0.2, 0.25) is 5.91 Å². The summed E-state index contributed by atoms with van der Waals surface area (Å²) in [6.45, 7) is 4.15. The summed E-state index contributed by atoms with van der Waals surface area (Å²) in [5.74, 6) is 1.14. The number of hydrogen-bond donors (Lipinski definition) is 0. The first-order chi connectivity index (χ1) is 12.2. The lowest BCUT2D eigenvalue weighted by Crippen LogP contribution is -2.54. The lowest BCUT2D eigenvalue weighted by molar-refractivity contribution is -0.138. The zero-order valence-corrected chi connectivity index (χ0v) is 14.9. The molecule has 2 aliphatic rings. The molecule has 2 fully saturated rings. The van der Waals surface area contributed by atoms with Crippen molar-refractivity contribution in [3.63, 3.8) is 0 Å². The SMILES string of the molecule is COCCCN1C[C@]2(CCCN(c3cccc(C#N)n3)C2)CCC1=O. The molecule has 6 nitrogen and oxygen atoms in total. The summed E-state index contributed by atoms with van der Waals surface area (Å²) in [6.07, 6.45) is 4.70. The van der Waals surface area contributed by atoms with Gasteiger partial charge < -0.3 is 14.5 Å². The molecule has 3 heterocycles. The molecule has 0 unspecified atom stereocenters. The fraction of sp³-hybridized carbons (Fsp3) is 0.632. The van der Waals surface area contributed by atoms with E-state index in [0.29, 0.717) is 18.7 Å². The predicted molar refractivity (Wildman–Crippen MR) is 95.1 cm³/mol. The van der Waals surface area contributed by atoms with E-state index in [0.717, 1.165) is 57.7 Å². The van der Waals surface area contributed by atoms with Crippen LogP contribution in [0.15, 0.2) is 18.2 Å². The highest BCUT2D eigenvalue weighted by molar-refractivity contribution is 5.77. The maximum absolute atomic E-state index is 12.3. The molecule has 1 aromatic rings. The molecule has 1 spiro atoms. The van der Waals surface area contributed by atoms with Gasteiger partial charge in [0.1, 0.15) is 17.6 Å². The van der Waals surface area contributed by atoms with E-state index in [1.54, 1.807) is 13.2 Å². The van der Waals surface area contributed by atoms with Gasteiger partial charge in [0.05, 0.1) is 0 Å². The number of piperidine rings is 2. The highest BCUT2D eigenvalue weighted by atomic mass is 16.5. The number of ether oxygens (including phenoxy) is 1. The average molecular weight is 342 g/mol. The van der Waals surface area contributed by atoms with Crippen LogP contribution in [0.1, 0.15) is 37.8 Å². The third-order valence-corrected chi connectivity index (χ3v) is 5.36. The van der Waals surface area contributed by atoms with E-state index in [2.05, 4.69) is 16.0 Å². The second-order valence-electron chi connectivity index (χ2n) is 7.18. The Balaban J connectivity index is 1.70. The van der Waals surface area contributed by atoms with Crippen LogP contribution >= 0.6 is 0 Å². The summed E-state index contributed by atoms with van der Waals surface area (Å²) in [7, 11) is 1.70. The Hall–Kier alpha value is -2.13. The van der Waals surface area contributed by atoms with Crippen molar-refractivity contribution in [2.45, 2.75) is 32.1 Å². The van der Waals surface area contributed by atoms with Gasteiger partial charge in [0, 0.05) is 51.7 Å². The minimum atomic E-state index is 0.142. The highest BCUT2D eigenvalue weighted by Crippen LogP contribution is 2.39. The van der Waals surface area contributed by atoms with Crippen molar-refractivity contribution in [3.8, 4) is 6.07 Å². The van der Waals surface area contributed by atoms with Crippen LogP contribution in [0, 0.1) is 16.7 Å². The fourth-order valence-electron chi connectivity index (χ4n) is 4.10. The number of anilines is 1. The number of pyridine rings is 1. The maximum Gasteiger partial charge on any atom is 0.222 e. The number of amides is 1. The standard InChI is InChI=1S/C19H26N4O2/c1-25-12-4-11-23-15-19(9-7-18(23)24)8-3-10-22(14-19)17-6-2-5-16(13-20)21-17/h2,5-6H,3-4,7-12,14-15H2,1H3/t19-/m1/s1. The molecule has 0 bridgehead atoms. The zero-order chi connectivity index (χ0) is 17.7. The molecule has 0 radical (unpaired) electrons. The largest absolute Gasteiger partial charge is 0.385 e. The van der Waals surface area contributed by atoms with Crippen molar-refractivity contribution in [2.24, 2.45) is 5.41 Å². The topological polar surface area (TPSA) is 69.5 Å². The van der Waals surface area contributed by atoms with Gasteiger partial charge in [0.15, 0.2) is 0 Å². The molecular formula is C19H26N4O2. The van der Waals surface area contributed by atoms with Crippen LogP contribution in [0.4, 0.5) is 5.82 Å². The number of carbonyl (C=O) groups is 1. The molecule has 0 aromatic carbocycles. The van der Waals surface area contributed by atoms with Crippen LogP contribution in [-0.4, -0.2) is 55.7 Å². The normalized spacial score (nSPS) is 23.8. The molecule has 2 aliphatic heterocycles. The minimum Gasteiger partial charge on any atom is -0.385 e. The van der Waals surface area contributed by atoms with Gasteiger partial charge in [-0.05, 0) is 37.8 Å². The van der Waals surface area contributed by atoms with E-state index in [4.69, 9.17) is 10.00 Å². The average Bonchev–Trinajstić information content (AvgIpc) is 2.65. The van der Waals surface area contributed by atoms with E-state index in [-0.39, 0.29) is 11.3 Å². The Morgan fingerprint density at radius 1 is 1.36 bits per heavy atom. The highest BCUT2D eigenvalue weighted by Gasteiger charge is 2.41. The lowest BCUT2D eigenvalue weighted by atomic mass is 9.73. The Kier molecular flexibility index (Phi) is 5.54. The Labute approximate surface area is 149 Å². The number of methoxy groups -OCH3 is 1. The van der Waals surface area contributed by atoms with E-state index < -0.39 is 0 Å². The first-order valence-corrected chi connectivity index (χ1v) is 9.05. The van der Waals surface area contributed by atoms with E-state index in [1.165, 1.54) is 0 Å². The van der Waals surface area contributed by atoms with Crippen LogP contribution in [0.5, 0.6) is 0 Å². The number of carbonyl (C=O) groups excluding carboxylic acids is 1. The van der Waals surface area contributed by atoms with Gasteiger partial charge in [0.25, 0.3) is 0 Å². The minimum absolute atomic E-state index is 0.142. The van der Waals surface area contributed by atoms with Crippen LogP contribution in [0.3, 0.4) is 0 Å². The first-order valence-electron chi connectivity index (χ1n) is 9.05. The van der Waals surface area contributed by atoms with Crippen LogP contribution < -0.4 is 4.90 Å². The summed E-state index contributed by atoms with van der Waals surface area (Å²) in [5, 5.41) is 9.08. The molecule has 0 N–H and O–H groups in total. The molecule has 2 saturated heterocycles. The number of nitriles is 1. The van der Waals surface area contributed by atoms with Crippen molar-refractivity contribution in [2.75, 3.05) is 44.8 Å². The van der Waals surface area contributed by atoms with Crippen molar-refractivity contribution < 1.29 is 9.53 Å². The quantitative estimate of drug-likeness (QED) is 0.767. The van der Waals surface area contributed by atoms with Gasteiger partial charge in [-0.3, -0.25) is 4.79 Å². The van der Waals surface area contributed by atoms with Crippen LogP contribution in [0.2, 0.25) is 0 Å². The van der Waals surface area contributed by atoms with Crippen LogP contribution in [-0.2, 0) is 9.53 Å². The molecule has 6 heteroatoms. The Morgan fingerprint density at radius 3 is 3.04 bits per heavy atom. The van der Waals surface area contributed by atoms with Gasteiger partial charge in [-0.1, -0.05) is 6.07 Å². The number of nitrogens with zero attached hydrogens (tertiary/aromatic N) is 4. The third kappa shape index (κ3) is 4.10. The summed E-state index contributed by atoms with van der Waals surface area (Å²) in [4.78, 5) is 21.0. The molecule has 1 atom stereocenters. The smallest absolute Gasteiger partial charge is 0.222 e. The van der Waals surface area contributed by atoms with Crippen LogP contribution in [0.25, 0.3) is 0 Å². The first kappa shape index (κ1) is 17.7. The van der Waals surface area contributed by atoms with Gasteiger partial charge in [-0.25, -0.2) is 4.98 Å². The van der Waals surface area contributed by atoms with Crippen molar-refractivity contribution in [3.05, 3.63) is 23.9 Å². The molecular weight excluding hydrogens is 316 g/mol. The molecule has 134 valence electrons. The van der Waals surface area contributed by atoms with Crippen molar-refractivity contribution >= 4 is 11.7 Å². The molecule has 1 amide bonds. The van der Waals surface area contributed by atoms with E-state index >= 15 is 0 Å². The van der Waals surface area contributed by atoms with Gasteiger partial charge >= 0.3 is 0 Å². The second kappa shape index (κ2) is 7.83. The van der Waals surface area contributed by atoms with Crippen molar-refractivity contribution in [1.82, 2.24) is 9.88 Å². The second-order valence-corrected chi connectivity index (χ2v) is 7.18. The Bertz CT molecular complexity index is 657. The molecule has 0 saturated carbocycles. The fourth-order valence-corrected chi connectivity index (χ4v) is 4.10. The van der Waals surface area contributed by atoms with Gasteiger partial charge in [-0.15, -0.1) is 0 Å². The van der Waals surface area contributed by atoms with Crippen molar-refractivity contribution in [1.29, 1.82) is 5.26 Å². The number of rotatable bonds is 5. The summed E-state index contributed by atoms with van der Waals surface area (Å²) in [6, 6.07) is 7.72. The maximum atomic E-state index is 12.3. The summed E-state index contributed by atoms with van der Waals surface area (Å²) >= 11 is 0. The monoisotopic (exact) mass is 342 g/mol. The number of aromatic nitrogens is 1. The predicted octanol–water partition coefficient (Wildman–Crippen LogP) is 2.20. The van der Waals surface area contributed by atoms with E-state index in [1.807, 2.05) is 17.0 Å².